The van der Waals surface area contributed by atoms with Gasteiger partial charge in [-0.05, 0) is 25.7 Å². The average molecular weight is 583 g/mol. The van der Waals surface area contributed by atoms with Crippen LogP contribution in [0.2, 0.25) is 0 Å². The molecule has 0 bridgehead atoms. The van der Waals surface area contributed by atoms with Crippen molar-refractivity contribution in [2.24, 2.45) is 11.5 Å². The van der Waals surface area contributed by atoms with Crippen molar-refractivity contribution in [1.29, 1.82) is 0 Å². The predicted molar refractivity (Wildman–Crippen MR) is 179 cm³/mol. The van der Waals surface area contributed by atoms with Gasteiger partial charge in [0.2, 0.25) is 11.8 Å². The van der Waals surface area contributed by atoms with E-state index in [1.807, 2.05) is 0 Å². The Bertz CT molecular complexity index is 527. The molecule has 0 saturated heterocycles. The van der Waals surface area contributed by atoms with Gasteiger partial charge in [0.1, 0.15) is 0 Å². The zero-order valence-electron chi connectivity index (χ0n) is 27.9. The first-order valence-electron chi connectivity index (χ1n) is 18.2. The Hall–Kier alpha value is -1.10. The molecule has 0 rings (SSSR count). The van der Waals surface area contributed by atoms with E-state index in [-0.39, 0.29) is 17.9 Å². The fourth-order valence-corrected chi connectivity index (χ4v) is 5.36. The number of hydrogen-bond acceptors (Lipinski definition) is 3. The molecule has 0 aliphatic heterocycles. The molecule has 41 heavy (non-hydrogen) atoms. The van der Waals surface area contributed by atoms with Gasteiger partial charge >= 0.3 is 0 Å². The first-order chi connectivity index (χ1) is 19.9. The largest absolute Gasteiger partial charge is 0.393 e. The van der Waals surface area contributed by atoms with Crippen LogP contribution in [0.5, 0.6) is 0 Å². The molecule has 0 spiro atoms. The van der Waals surface area contributed by atoms with E-state index in [0.29, 0.717) is 12.8 Å². The molecule has 2 amide bonds. The molecule has 5 heteroatoms. The smallest absolute Gasteiger partial charge is 0.217 e. The molecule has 0 aromatic heterocycles. The molecule has 0 aliphatic carbocycles. The Morgan fingerprint density at radius 3 is 0.902 bits per heavy atom. The standard InChI is InChI=1S/C18H37NO2.C18H37NO/c1-2-3-4-11-14-17(20)15-12-9-7-5-6-8-10-13-16-18(19)21;1-2-3-4-5-6-7-8-9-10-11-12-13-14-15-16-17-18(19)20/h17,20H,2-16H2,1H3,(H2,19,21);2-17H2,1H3,(H2,19,20). The van der Waals surface area contributed by atoms with Gasteiger partial charge < -0.3 is 16.6 Å². The van der Waals surface area contributed by atoms with Gasteiger partial charge in [0.25, 0.3) is 0 Å². The van der Waals surface area contributed by atoms with Gasteiger partial charge in [-0.1, -0.05) is 174 Å². The third kappa shape index (κ3) is 43.5. The summed E-state index contributed by atoms with van der Waals surface area (Å²) in [6, 6.07) is 0. The van der Waals surface area contributed by atoms with Crippen molar-refractivity contribution < 1.29 is 14.7 Å². The van der Waals surface area contributed by atoms with Crippen LogP contribution in [0.3, 0.4) is 0 Å². The average Bonchev–Trinajstić information content (AvgIpc) is 2.94. The second-order valence-corrected chi connectivity index (χ2v) is 12.5. The quantitative estimate of drug-likeness (QED) is 0.0687. The van der Waals surface area contributed by atoms with Gasteiger partial charge in [-0.3, -0.25) is 9.59 Å². The summed E-state index contributed by atoms with van der Waals surface area (Å²) in [6.45, 7) is 4.49. The number of amides is 2. The SMILES string of the molecule is CCCCCCC(O)CCCCCCCCCCC(N)=O.CCCCCCCCCCCCCCCCCC(N)=O. The van der Waals surface area contributed by atoms with Crippen molar-refractivity contribution >= 4 is 11.8 Å². The Kier molecular flexibility index (Phi) is 37.9. The topological polar surface area (TPSA) is 106 Å². The number of aliphatic hydroxyl groups is 1. The summed E-state index contributed by atoms with van der Waals surface area (Å²) in [5, 5.41) is 9.86. The third-order valence-electron chi connectivity index (χ3n) is 8.13. The summed E-state index contributed by atoms with van der Waals surface area (Å²) < 4.78 is 0. The van der Waals surface area contributed by atoms with Crippen molar-refractivity contribution in [2.75, 3.05) is 0 Å². The van der Waals surface area contributed by atoms with Gasteiger partial charge in [-0.25, -0.2) is 0 Å². The minimum atomic E-state index is -0.178. The van der Waals surface area contributed by atoms with Gasteiger partial charge in [-0.15, -0.1) is 0 Å². The van der Waals surface area contributed by atoms with Gasteiger partial charge in [0.05, 0.1) is 6.10 Å². The van der Waals surface area contributed by atoms with Crippen LogP contribution in [0.25, 0.3) is 0 Å². The fraction of sp³-hybridized carbons (Fsp3) is 0.944. The van der Waals surface area contributed by atoms with Crippen LogP contribution in [0.4, 0.5) is 0 Å². The molecule has 0 saturated carbocycles. The number of nitrogens with two attached hydrogens (primary N) is 2. The highest BCUT2D eigenvalue weighted by Gasteiger charge is 2.03. The molecular formula is C36H74N2O3. The maximum absolute atomic E-state index is 10.6. The van der Waals surface area contributed by atoms with E-state index in [1.54, 1.807) is 0 Å². The Balaban J connectivity index is 0. The number of rotatable bonds is 32. The maximum Gasteiger partial charge on any atom is 0.217 e. The van der Waals surface area contributed by atoms with Gasteiger partial charge in [0, 0.05) is 12.8 Å². The summed E-state index contributed by atoms with van der Waals surface area (Å²) >= 11 is 0. The molecular weight excluding hydrogens is 508 g/mol. The molecule has 1 unspecified atom stereocenters. The van der Waals surface area contributed by atoms with E-state index in [1.165, 1.54) is 148 Å². The van der Waals surface area contributed by atoms with E-state index in [2.05, 4.69) is 13.8 Å². The molecule has 0 heterocycles. The summed E-state index contributed by atoms with van der Waals surface area (Å²) in [7, 11) is 0. The Morgan fingerprint density at radius 2 is 0.634 bits per heavy atom. The molecule has 0 aliphatic rings. The van der Waals surface area contributed by atoms with E-state index < -0.39 is 0 Å². The van der Waals surface area contributed by atoms with Gasteiger partial charge in [-0.2, -0.15) is 0 Å². The zero-order valence-corrected chi connectivity index (χ0v) is 27.9. The van der Waals surface area contributed by atoms with Crippen LogP contribution in [0.1, 0.15) is 213 Å². The van der Waals surface area contributed by atoms with E-state index in [0.717, 1.165) is 38.5 Å². The number of aliphatic hydroxyl groups excluding tert-OH is 1. The van der Waals surface area contributed by atoms with Crippen molar-refractivity contribution in [3.05, 3.63) is 0 Å². The van der Waals surface area contributed by atoms with E-state index >= 15 is 0 Å². The third-order valence-corrected chi connectivity index (χ3v) is 8.13. The first kappa shape index (κ1) is 42.0. The molecule has 246 valence electrons. The highest BCUT2D eigenvalue weighted by Crippen LogP contribution is 2.15. The summed E-state index contributed by atoms with van der Waals surface area (Å²) in [4.78, 5) is 21.1. The summed E-state index contributed by atoms with van der Waals surface area (Å²) in [5.74, 6) is -0.331. The number of unbranched alkanes of at least 4 members (excludes halogenated alkanes) is 24. The normalized spacial score (nSPS) is 11.7. The zero-order chi connectivity index (χ0) is 30.7. The number of primary amides is 2. The van der Waals surface area contributed by atoms with Crippen molar-refractivity contribution in [3.63, 3.8) is 0 Å². The van der Waals surface area contributed by atoms with Crippen LogP contribution in [0.15, 0.2) is 0 Å². The van der Waals surface area contributed by atoms with Gasteiger partial charge in [0.15, 0.2) is 0 Å². The summed E-state index contributed by atoms with van der Waals surface area (Å²) in [6.07, 6.45) is 37.8. The molecule has 0 aromatic rings. The Labute approximate surface area is 256 Å². The monoisotopic (exact) mass is 583 g/mol. The molecule has 5 N–H and O–H groups in total. The minimum Gasteiger partial charge on any atom is -0.393 e. The number of carbonyl (C=O) groups is 2. The van der Waals surface area contributed by atoms with Crippen LogP contribution >= 0.6 is 0 Å². The second-order valence-electron chi connectivity index (χ2n) is 12.5. The molecule has 0 aromatic carbocycles. The maximum atomic E-state index is 10.6. The van der Waals surface area contributed by atoms with Crippen molar-refractivity contribution in [3.8, 4) is 0 Å². The van der Waals surface area contributed by atoms with Crippen LogP contribution in [-0.2, 0) is 9.59 Å². The van der Waals surface area contributed by atoms with Crippen LogP contribution in [0, 0.1) is 0 Å². The molecule has 0 radical (unpaired) electrons. The van der Waals surface area contributed by atoms with E-state index in [4.69, 9.17) is 11.5 Å². The molecule has 1 atom stereocenters. The molecule has 0 fully saturated rings. The van der Waals surface area contributed by atoms with E-state index in [9.17, 15) is 14.7 Å². The highest BCUT2D eigenvalue weighted by atomic mass is 16.3. The first-order valence-corrected chi connectivity index (χ1v) is 18.2. The van der Waals surface area contributed by atoms with Crippen molar-refractivity contribution in [1.82, 2.24) is 0 Å². The minimum absolute atomic E-state index is 0.0735. The second kappa shape index (κ2) is 36.9. The Morgan fingerprint density at radius 1 is 0.415 bits per heavy atom. The highest BCUT2D eigenvalue weighted by molar-refractivity contribution is 5.73. The lowest BCUT2D eigenvalue weighted by Crippen LogP contribution is -2.09. The lowest BCUT2D eigenvalue weighted by molar-refractivity contribution is -0.119. The molecule has 5 nitrogen and oxygen atoms in total. The lowest BCUT2D eigenvalue weighted by atomic mass is 10.0. The number of hydrogen-bond donors (Lipinski definition) is 3. The fourth-order valence-electron chi connectivity index (χ4n) is 5.36. The lowest BCUT2D eigenvalue weighted by Gasteiger charge is -2.10. The van der Waals surface area contributed by atoms with Crippen LogP contribution in [-0.4, -0.2) is 23.0 Å². The number of carbonyl (C=O) groups excluding carboxylic acids is 2. The van der Waals surface area contributed by atoms with Crippen molar-refractivity contribution in [2.45, 2.75) is 219 Å². The predicted octanol–water partition coefficient (Wildman–Crippen LogP) is 10.4. The van der Waals surface area contributed by atoms with Crippen LogP contribution < -0.4 is 11.5 Å². The summed E-state index contributed by atoms with van der Waals surface area (Å²) in [5.41, 5.74) is 10.2.